The lowest BCUT2D eigenvalue weighted by Crippen LogP contribution is -2.20. The lowest BCUT2D eigenvalue weighted by molar-refractivity contribution is 0.580. The molecule has 5 nitrogen and oxygen atoms in total. The molecule has 19 heavy (non-hydrogen) atoms. The number of nitrogen functional groups attached to an aromatic ring is 1. The van der Waals surface area contributed by atoms with Crippen LogP contribution in [0.2, 0.25) is 0 Å². The molecule has 0 spiro atoms. The summed E-state index contributed by atoms with van der Waals surface area (Å²) in [7, 11) is 2.04. The summed E-state index contributed by atoms with van der Waals surface area (Å²) in [6.45, 7) is 1.77. The molecule has 0 fully saturated rings. The standard InChI is InChI=1S/C14H17N5/c1-18(13-5-3-12(11-15)4-6-13)8-2-9-19-10-7-14(16)17-19/h3-7,10H,2,8-9H2,1H3,(H2,16,17). The number of rotatable bonds is 5. The number of nitrogens with two attached hydrogens (primary N) is 1. The molecule has 0 radical (unpaired) electrons. The van der Waals surface area contributed by atoms with E-state index in [9.17, 15) is 0 Å². The van der Waals surface area contributed by atoms with Crippen LogP contribution >= 0.6 is 0 Å². The predicted octanol–water partition coefficient (Wildman–Crippen LogP) is 1.86. The third-order valence-electron chi connectivity index (χ3n) is 2.98. The Balaban J connectivity index is 1.83. The zero-order valence-electron chi connectivity index (χ0n) is 11.0. The third kappa shape index (κ3) is 3.49. The molecule has 0 saturated carbocycles. The van der Waals surface area contributed by atoms with Crippen molar-refractivity contribution in [1.29, 1.82) is 5.26 Å². The maximum atomic E-state index is 8.75. The number of hydrogen-bond donors (Lipinski definition) is 1. The van der Waals surface area contributed by atoms with E-state index in [1.54, 1.807) is 6.07 Å². The van der Waals surface area contributed by atoms with Crippen LogP contribution in [0.5, 0.6) is 0 Å². The molecule has 98 valence electrons. The smallest absolute Gasteiger partial charge is 0.145 e. The number of hydrogen-bond acceptors (Lipinski definition) is 4. The van der Waals surface area contributed by atoms with E-state index in [0.29, 0.717) is 11.4 Å². The second kappa shape index (κ2) is 5.91. The summed E-state index contributed by atoms with van der Waals surface area (Å²) in [6, 6.07) is 11.5. The molecule has 2 N–H and O–H groups in total. The lowest BCUT2D eigenvalue weighted by Gasteiger charge is -2.19. The fourth-order valence-electron chi connectivity index (χ4n) is 1.89. The second-order valence-electron chi connectivity index (χ2n) is 4.44. The summed E-state index contributed by atoms with van der Waals surface area (Å²) in [5.41, 5.74) is 7.35. The van der Waals surface area contributed by atoms with Gasteiger partial charge in [0, 0.05) is 32.0 Å². The number of anilines is 2. The van der Waals surface area contributed by atoms with E-state index in [1.165, 1.54) is 0 Å². The van der Waals surface area contributed by atoms with E-state index in [1.807, 2.05) is 42.2 Å². The van der Waals surface area contributed by atoms with Gasteiger partial charge < -0.3 is 10.6 Å². The third-order valence-corrected chi connectivity index (χ3v) is 2.98. The highest BCUT2D eigenvalue weighted by Gasteiger charge is 2.01. The Morgan fingerprint density at radius 2 is 2.05 bits per heavy atom. The average molecular weight is 255 g/mol. The van der Waals surface area contributed by atoms with Gasteiger partial charge in [-0.1, -0.05) is 0 Å². The highest BCUT2D eigenvalue weighted by atomic mass is 15.3. The van der Waals surface area contributed by atoms with Crippen LogP contribution in [0.25, 0.3) is 0 Å². The first-order chi connectivity index (χ1) is 9.19. The van der Waals surface area contributed by atoms with Gasteiger partial charge in [-0.25, -0.2) is 0 Å². The number of benzene rings is 1. The predicted molar refractivity (Wildman–Crippen MR) is 75.7 cm³/mol. The molecule has 0 aliphatic carbocycles. The van der Waals surface area contributed by atoms with E-state index in [-0.39, 0.29) is 0 Å². The number of nitriles is 1. The zero-order valence-corrected chi connectivity index (χ0v) is 11.0. The van der Waals surface area contributed by atoms with Crippen LogP contribution in [-0.2, 0) is 6.54 Å². The molecule has 0 aliphatic heterocycles. The minimum absolute atomic E-state index is 0.556. The average Bonchev–Trinajstić information content (AvgIpc) is 2.84. The van der Waals surface area contributed by atoms with Crippen molar-refractivity contribution in [2.75, 3.05) is 24.2 Å². The molecule has 1 aromatic carbocycles. The van der Waals surface area contributed by atoms with E-state index in [4.69, 9.17) is 11.0 Å². The van der Waals surface area contributed by atoms with Gasteiger partial charge in [0.25, 0.3) is 0 Å². The Labute approximate surface area is 112 Å². The summed E-state index contributed by atoms with van der Waals surface area (Å²) in [5.74, 6) is 0.556. The molecule has 2 aromatic rings. The Morgan fingerprint density at radius 3 is 2.63 bits per heavy atom. The van der Waals surface area contributed by atoms with Crippen molar-refractivity contribution in [3.05, 3.63) is 42.1 Å². The minimum Gasteiger partial charge on any atom is -0.382 e. The molecule has 0 amide bonds. The van der Waals surface area contributed by atoms with E-state index in [0.717, 1.165) is 25.2 Å². The quantitative estimate of drug-likeness (QED) is 0.885. The van der Waals surface area contributed by atoms with Gasteiger partial charge in [0.2, 0.25) is 0 Å². The molecule has 0 bridgehead atoms. The second-order valence-corrected chi connectivity index (χ2v) is 4.44. The largest absolute Gasteiger partial charge is 0.382 e. The molecular weight excluding hydrogens is 238 g/mol. The van der Waals surface area contributed by atoms with Crippen molar-refractivity contribution in [2.45, 2.75) is 13.0 Å². The number of nitrogens with zero attached hydrogens (tertiary/aromatic N) is 4. The SMILES string of the molecule is CN(CCCn1ccc(N)n1)c1ccc(C#N)cc1. The molecule has 0 atom stereocenters. The highest BCUT2D eigenvalue weighted by molar-refractivity contribution is 5.48. The Morgan fingerprint density at radius 1 is 1.32 bits per heavy atom. The topological polar surface area (TPSA) is 70.9 Å². The van der Waals surface area contributed by atoms with Crippen LogP contribution < -0.4 is 10.6 Å². The van der Waals surface area contributed by atoms with Gasteiger partial charge in [-0.15, -0.1) is 0 Å². The molecule has 0 unspecified atom stereocenters. The Kier molecular flexibility index (Phi) is 4.04. The molecule has 2 rings (SSSR count). The zero-order chi connectivity index (χ0) is 13.7. The highest BCUT2D eigenvalue weighted by Crippen LogP contribution is 2.13. The molecule has 1 heterocycles. The Hall–Kier alpha value is -2.48. The molecular formula is C14H17N5. The van der Waals surface area contributed by atoms with E-state index >= 15 is 0 Å². The van der Waals surface area contributed by atoms with Crippen molar-refractivity contribution >= 4 is 11.5 Å². The molecule has 0 aliphatic rings. The first-order valence-electron chi connectivity index (χ1n) is 6.19. The fraction of sp³-hybridized carbons (Fsp3) is 0.286. The maximum Gasteiger partial charge on any atom is 0.145 e. The van der Waals surface area contributed by atoms with Crippen molar-refractivity contribution < 1.29 is 0 Å². The molecule has 1 aromatic heterocycles. The first kappa shape index (κ1) is 13.0. The lowest BCUT2D eigenvalue weighted by atomic mass is 10.2. The number of aromatic nitrogens is 2. The van der Waals surface area contributed by atoms with Crippen LogP contribution in [0.15, 0.2) is 36.5 Å². The van der Waals surface area contributed by atoms with Crippen LogP contribution in [-0.4, -0.2) is 23.4 Å². The van der Waals surface area contributed by atoms with E-state index in [2.05, 4.69) is 16.1 Å². The summed E-state index contributed by atoms with van der Waals surface area (Å²) in [5, 5.41) is 12.9. The summed E-state index contributed by atoms with van der Waals surface area (Å²) >= 11 is 0. The first-order valence-corrected chi connectivity index (χ1v) is 6.19. The van der Waals surface area contributed by atoms with Gasteiger partial charge in [-0.2, -0.15) is 10.4 Å². The Bertz CT molecular complexity index is 564. The van der Waals surface area contributed by atoms with Gasteiger partial charge in [0.1, 0.15) is 5.82 Å². The molecule has 0 saturated heterocycles. The van der Waals surface area contributed by atoms with Crippen molar-refractivity contribution in [3.8, 4) is 6.07 Å². The van der Waals surface area contributed by atoms with Gasteiger partial charge >= 0.3 is 0 Å². The normalized spacial score (nSPS) is 10.1. The van der Waals surface area contributed by atoms with Crippen molar-refractivity contribution in [3.63, 3.8) is 0 Å². The van der Waals surface area contributed by atoms with Crippen LogP contribution in [0.4, 0.5) is 11.5 Å². The van der Waals surface area contributed by atoms with Crippen molar-refractivity contribution in [2.24, 2.45) is 0 Å². The fourth-order valence-corrected chi connectivity index (χ4v) is 1.89. The van der Waals surface area contributed by atoms with Gasteiger partial charge in [0.15, 0.2) is 0 Å². The van der Waals surface area contributed by atoms with E-state index < -0.39 is 0 Å². The van der Waals surface area contributed by atoms with Gasteiger partial charge in [0.05, 0.1) is 11.6 Å². The monoisotopic (exact) mass is 255 g/mol. The van der Waals surface area contributed by atoms with Gasteiger partial charge in [-0.05, 0) is 36.8 Å². The maximum absolute atomic E-state index is 8.75. The van der Waals surface area contributed by atoms with Crippen LogP contribution in [0.3, 0.4) is 0 Å². The summed E-state index contributed by atoms with van der Waals surface area (Å²) in [6.07, 6.45) is 2.87. The minimum atomic E-state index is 0.556. The summed E-state index contributed by atoms with van der Waals surface area (Å²) < 4.78 is 1.85. The molecule has 5 heteroatoms. The summed E-state index contributed by atoms with van der Waals surface area (Å²) in [4.78, 5) is 2.16. The van der Waals surface area contributed by atoms with Gasteiger partial charge in [-0.3, -0.25) is 4.68 Å². The number of aryl methyl sites for hydroxylation is 1. The van der Waals surface area contributed by atoms with Crippen LogP contribution in [0.1, 0.15) is 12.0 Å². The van der Waals surface area contributed by atoms with Crippen LogP contribution in [0, 0.1) is 11.3 Å². The van der Waals surface area contributed by atoms with Crippen molar-refractivity contribution in [1.82, 2.24) is 9.78 Å².